The lowest BCUT2D eigenvalue weighted by Crippen LogP contribution is -2.60. The van der Waals surface area contributed by atoms with Crippen molar-refractivity contribution in [3.63, 3.8) is 0 Å². The highest BCUT2D eigenvalue weighted by Crippen LogP contribution is 2.36. The van der Waals surface area contributed by atoms with E-state index in [2.05, 4.69) is 12.2 Å². The third-order valence-electron chi connectivity index (χ3n) is 4.49. The van der Waals surface area contributed by atoms with Crippen LogP contribution in [0.1, 0.15) is 59.8 Å². The second-order valence-corrected chi connectivity index (χ2v) is 7.02. The lowest BCUT2D eigenvalue weighted by molar-refractivity contribution is 0.0829. The Morgan fingerprint density at radius 3 is 2.26 bits per heavy atom. The summed E-state index contributed by atoms with van der Waals surface area (Å²) in [6.45, 7) is 8.80. The number of rotatable bonds is 3. The first-order chi connectivity index (χ1) is 8.74. The minimum Gasteiger partial charge on any atom is -0.333 e. The summed E-state index contributed by atoms with van der Waals surface area (Å²) in [5, 5.41) is 3.03. The predicted octanol–water partition coefficient (Wildman–Crippen LogP) is 2.72. The standard InChI is InChI=1S/C15H31N3O/c1-6-12-7-9-15(11-16,10-8-12)18(5)13(19)17-14(2,3)4/h12H,6-11,16H2,1-5H3,(H,17,19). The lowest BCUT2D eigenvalue weighted by Gasteiger charge is -2.46. The molecule has 112 valence electrons. The third kappa shape index (κ3) is 4.10. The first-order valence-corrected chi connectivity index (χ1v) is 7.50. The van der Waals surface area contributed by atoms with Crippen molar-refractivity contribution in [3.8, 4) is 0 Å². The summed E-state index contributed by atoms with van der Waals surface area (Å²) in [6, 6.07) is -0.00658. The van der Waals surface area contributed by atoms with E-state index in [4.69, 9.17) is 5.73 Å². The zero-order valence-electron chi connectivity index (χ0n) is 13.3. The highest BCUT2D eigenvalue weighted by atomic mass is 16.2. The van der Waals surface area contributed by atoms with E-state index in [0.717, 1.165) is 18.8 Å². The zero-order valence-corrected chi connectivity index (χ0v) is 13.3. The summed E-state index contributed by atoms with van der Waals surface area (Å²) < 4.78 is 0. The Balaban J connectivity index is 2.71. The predicted molar refractivity (Wildman–Crippen MR) is 80.1 cm³/mol. The molecule has 0 saturated heterocycles. The zero-order chi connectivity index (χ0) is 14.7. The number of nitrogens with one attached hydrogen (secondary N) is 1. The van der Waals surface area contributed by atoms with Gasteiger partial charge in [0.2, 0.25) is 0 Å². The molecule has 0 aromatic carbocycles. The number of nitrogens with zero attached hydrogens (tertiary/aromatic N) is 1. The summed E-state index contributed by atoms with van der Waals surface area (Å²) in [5.74, 6) is 0.804. The van der Waals surface area contributed by atoms with Crippen LogP contribution in [0, 0.1) is 5.92 Å². The largest absolute Gasteiger partial charge is 0.333 e. The SMILES string of the molecule is CCC1CCC(CN)(N(C)C(=O)NC(C)(C)C)CC1. The molecule has 1 fully saturated rings. The molecule has 0 aliphatic heterocycles. The molecule has 0 atom stereocenters. The molecule has 0 heterocycles. The molecule has 4 nitrogen and oxygen atoms in total. The molecule has 19 heavy (non-hydrogen) atoms. The van der Waals surface area contributed by atoms with Crippen LogP contribution in [0.4, 0.5) is 4.79 Å². The smallest absolute Gasteiger partial charge is 0.318 e. The third-order valence-corrected chi connectivity index (χ3v) is 4.49. The van der Waals surface area contributed by atoms with E-state index < -0.39 is 0 Å². The quantitative estimate of drug-likeness (QED) is 0.827. The van der Waals surface area contributed by atoms with Gasteiger partial charge in [-0.3, -0.25) is 0 Å². The van der Waals surface area contributed by atoms with E-state index in [1.54, 1.807) is 0 Å². The molecule has 0 unspecified atom stereocenters. The molecule has 0 aromatic heterocycles. The first kappa shape index (κ1) is 16.3. The molecule has 0 radical (unpaired) electrons. The van der Waals surface area contributed by atoms with Crippen molar-refractivity contribution in [1.82, 2.24) is 10.2 Å². The number of carbonyl (C=O) groups is 1. The van der Waals surface area contributed by atoms with Gasteiger partial charge in [0, 0.05) is 19.1 Å². The fourth-order valence-corrected chi connectivity index (χ4v) is 2.92. The molecule has 1 aliphatic carbocycles. The highest BCUT2D eigenvalue weighted by Gasteiger charge is 2.40. The summed E-state index contributed by atoms with van der Waals surface area (Å²) in [7, 11) is 1.89. The van der Waals surface area contributed by atoms with Crippen LogP contribution in [0.15, 0.2) is 0 Å². The van der Waals surface area contributed by atoms with Crippen molar-refractivity contribution in [3.05, 3.63) is 0 Å². The molecule has 2 amide bonds. The topological polar surface area (TPSA) is 58.4 Å². The Hall–Kier alpha value is -0.770. The van der Waals surface area contributed by atoms with Crippen molar-refractivity contribution >= 4 is 6.03 Å². The first-order valence-electron chi connectivity index (χ1n) is 7.50. The van der Waals surface area contributed by atoms with E-state index in [9.17, 15) is 4.79 Å². The Labute approximate surface area is 118 Å². The van der Waals surface area contributed by atoms with Gasteiger partial charge in [0.05, 0.1) is 5.54 Å². The van der Waals surface area contributed by atoms with Crippen LogP contribution in [-0.4, -0.2) is 35.6 Å². The number of nitrogens with two attached hydrogens (primary N) is 1. The van der Waals surface area contributed by atoms with Crippen LogP contribution >= 0.6 is 0 Å². The Morgan fingerprint density at radius 1 is 1.37 bits per heavy atom. The van der Waals surface area contributed by atoms with Gasteiger partial charge in [0.15, 0.2) is 0 Å². The molecular formula is C15H31N3O. The average Bonchev–Trinajstić information content (AvgIpc) is 2.36. The van der Waals surface area contributed by atoms with Gasteiger partial charge in [-0.05, 0) is 52.4 Å². The van der Waals surface area contributed by atoms with Crippen LogP contribution in [0.2, 0.25) is 0 Å². The molecule has 0 aromatic rings. The summed E-state index contributed by atoms with van der Waals surface area (Å²) >= 11 is 0. The summed E-state index contributed by atoms with van der Waals surface area (Å²) in [5.41, 5.74) is 5.65. The van der Waals surface area contributed by atoms with Gasteiger partial charge < -0.3 is 16.0 Å². The molecule has 1 rings (SSSR count). The van der Waals surface area contributed by atoms with Gasteiger partial charge in [-0.15, -0.1) is 0 Å². The minimum atomic E-state index is -0.207. The summed E-state index contributed by atoms with van der Waals surface area (Å²) in [4.78, 5) is 14.2. The fraction of sp³-hybridized carbons (Fsp3) is 0.933. The molecule has 1 aliphatic rings. The fourth-order valence-electron chi connectivity index (χ4n) is 2.92. The Kier molecular flexibility index (Phi) is 5.25. The second kappa shape index (κ2) is 6.12. The van der Waals surface area contributed by atoms with Crippen molar-refractivity contribution < 1.29 is 4.79 Å². The van der Waals surface area contributed by atoms with E-state index in [0.29, 0.717) is 6.54 Å². The maximum Gasteiger partial charge on any atom is 0.318 e. The van der Waals surface area contributed by atoms with Crippen LogP contribution in [0.3, 0.4) is 0 Å². The molecule has 3 N–H and O–H groups in total. The van der Waals surface area contributed by atoms with Gasteiger partial charge in [-0.1, -0.05) is 13.3 Å². The van der Waals surface area contributed by atoms with Crippen molar-refractivity contribution in [2.75, 3.05) is 13.6 Å². The number of amides is 2. The number of hydrogen-bond donors (Lipinski definition) is 2. The lowest BCUT2D eigenvalue weighted by atomic mass is 9.75. The van der Waals surface area contributed by atoms with E-state index in [1.165, 1.54) is 19.3 Å². The summed E-state index contributed by atoms with van der Waals surface area (Å²) in [6.07, 6.45) is 5.65. The van der Waals surface area contributed by atoms with Crippen molar-refractivity contribution in [2.45, 2.75) is 70.9 Å². The van der Waals surface area contributed by atoms with Crippen molar-refractivity contribution in [1.29, 1.82) is 0 Å². The average molecular weight is 269 g/mol. The van der Waals surface area contributed by atoms with Crippen LogP contribution in [0.25, 0.3) is 0 Å². The van der Waals surface area contributed by atoms with Gasteiger partial charge in [-0.25, -0.2) is 4.79 Å². The number of urea groups is 1. The molecule has 0 bridgehead atoms. The highest BCUT2D eigenvalue weighted by molar-refractivity contribution is 5.75. The van der Waals surface area contributed by atoms with Gasteiger partial charge in [-0.2, -0.15) is 0 Å². The number of carbonyl (C=O) groups excluding carboxylic acids is 1. The van der Waals surface area contributed by atoms with Gasteiger partial charge >= 0.3 is 6.03 Å². The number of hydrogen-bond acceptors (Lipinski definition) is 2. The monoisotopic (exact) mass is 269 g/mol. The van der Waals surface area contributed by atoms with Crippen LogP contribution < -0.4 is 11.1 Å². The van der Waals surface area contributed by atoms with Crippen LogP contribution in [-0.2, 0) is 0 Å². The van der Waals surface area contributed by atoms with Gasteiger partial charge in [0.1, 0.15) is 0 Å². The second-order valence-electron chi connectivity index (χ2n) is 7.02. The molecule has 4 heteroatoms. The minimum absolute atomic E-state index is 0.00658. The number of likely N-dealkylation sites (N-methyl/N-ethyl adjacent to an activating group) is 1. The van der Waals surface area contributed by atoms with Crippen molar-refractivity contribution in [2.24, 2.45) is 11.7 Å². The Morgan fingerprint density at radius 2 is 1.89 bits per heavy atom. The van der Waals surface area contributed by atoms with E-state index in [1.807, 2.05) is 32.7 Å². The van der Waals surface area contributed by atoms with E-state index >= 15 is 0 Å². The molecule has 0 spiro atoms. The molecular weight excluding hydrogens is 238 g/mol. The van der Waals surface area contributed by atoms with E-state index in [-0.39, 0.29) is 17.1 Å². The normalized spacial score (nSPS) is 28.0. The maximum atomic E-state index is 12.3. The Bertz CT molecular complexity index is 301. The maximum absolute atomic E-state index is 12.3. The van der Waals surface area contributed by atoms with Crippen LogP contribution in [0.5, 0.6) is 0 Å². The van der Waals surface area contributed by atoms with Gasteiger partial charge in [0.25, 0.3) is 0 Å². The molecule has 1 saturated carbocycles.